The van der Waals surface area contributed by atoms with Crippen LogP contribution >= 0.6 is 0 Å². The van der Waals surface area contributed by atoms with Crippen molar-refractivity contribution >= 4 is 55.4 Å². The number of carbonyl (C=O) groups excluding carboxylic acids is 6. The molecule has 0 unspecified atom stereocenters. The van der Waals surface area contributed by atoms with Gasteiger partial charge in [-0.25, -0.2) is 0 Å². The standard InChI is InChI=1S/3C12H20O4.C4H9.Sn/c3*1-2-3-4-5-6-7-10-16-12(15)9-8-11(13)14;1-3-4-2;/h3*8-9H,2-7,10H2,1H3,(H,13,14);1,3-4H2,2H3;/q;;;;+3/p-3. The summed E-state index contributed by atoms with van der Waals surface area (Å²) in [4.78, 5) is 75.4. The Morgan fingerprint density at radius 2 is 0.585 bits per heavy atom. The zero-order chi connectivity index (χ0) is 39.4. The van der Waals surface area contributed by atoms with Crippen LogP contribution in [0, 0.1) is 0 Å². The Labute approximate surface area is 323 Å². The normalized spacial score (nSPS) is 12.5. The van der Waals surface area contributed by atoms with Crippen LogP contribution in [-0.2, 0) is 52.2 Å². The minimum Gasteiger partial charge on any atom is -0.0654 e. The second kappa shape index (κ2) is 34.6. The summed E-state index contributed by atoms with van der Waals surface area (Å²) in [6.07, 6.45) is 24.2. The van der Waals surface area contributed by atoms with E-state index in [4.69, 9.17) is 23.4 Å². The van der Waals surface area contributed by atoms with E-state index in [0.29, 0.717) is 32.1 Å². The van der Waals surface area contributed by atoms with Crippen molar-refractivity contribution in [2.24, 2.45) is 0 Å². The van der Waals surface area contributed by atoms with E-state index >= 15 is 0 Å². The molecule has 13 heteroatoms. The first-order chi connectivity index (χ1) is 25.6. The fraction of sp³-hybridized carbons (Fsp3) is 0.700. The van der Waals surface area contributed by atoms with Crippen molar-refractivity contribution < 1.29 is 52.2 Å². The van der Waals surface area contributed by atoms with Crippen molar-refractivity contribution in [3.05, 3.63) is 36.5 Å². The van der Waals surface area contributed by atoms with Crippen LogP contribution in [0.4, 0.5) is 0 Å². The van der Waals surface area contributed by atoms with Gasteiger partial charge in [0.25, 0.3) is 0 Å². The molecule has 0 saturated heterocycles. The van der Waals surface area contributed by atoms with Gasteiger partial charge in [-0.2, -0.15) is 0 Å². The molecule has 0 fully saturated rings. The average Bonchev–Trinajstić information content (AvgIpc) is 3.13. The van der Waals surface area contributed by atoms with Crippen LogP contribution in [0.2, 0.25) is 4.44 Å². The molecule has 0 saturated carbocycles. The van der Waals surface area contributed by atoms with Crippen molar-refractivity contribution in [2.75, 3.05) is 19.8 Å². The molecule has 53 heavy (non-hydrogen) atoms. The molecule has 0 N–H and O–H groups in total. The Morgan fingerprint density at radius 1 is 0.340 bits per heavy atom. The van der Waals surface area contributed by atoms with Crippen LogP contribution in [0.15, 0.2) is 36.5 Å². The molecular formula is C40H66O12Sn. The van der Waals surface area contributed by atoms with Crippen LogP contribution < -0.4 is 0 Å². The Balaban J connectivity index is 5.58. The minimum absolute atomic E-state index is 0.0860. The molecule has 0 aliphatic heterocycles. The van der Waals surface area contributed by atoms with Gasteiger partial charge in [-0.1, -0.05) is 40.0 Å². The molecule has 0 aliphatic rings. The SMILES string of the molecule is CCCCCCCCOC(=O)C=CC(=O)[O][Sn]([CH2]CCC)([O]C(=O)C=CC(=O)OCCCCCCCC)[O]C(=O)C=CC(=O)OCCCCCCCC. The first-order valence-corrected chi connectivity index (χ1v) is 25.4. The van der Waals surface area contributed by atoms with Crippen molar-refractivity contribution in [3.8, 4) is 0 Å². The summed E-state index contributed by atoms with van der Waals surface area (Å²) >= 11 is -5.50. The van der Waals surface area contributed by atoms with Crippen LogP contribution in [0.1, 0.15) is 156 Å². The molecule has 0 aliphatic carbocycles. The smallest absolute Gasteiger partial charge is 0.0654 e. The van der Waals surface area contributed by atoms with Gasteiger partial charge in [0.15, 0.2) is 0 Å². The third-order valence-corrected chi connectivity index (χ3v) is 15.0. The van der Waals surface area contributed by atoms with Gasteiger partial charge in [0.2, 0.25) is 0 Å². The van der Waals surface area contributed by atoms with Gasteiger partial charge in [-0.3, -0.25) is 0 Å². The number of ether oxygens (including phenoxy) is 3. The Kier molecular flexibility index (Phi) is 32.5. The first kappa shape index (κ1) is 49.8. The van der Waals surface area contributed by atoms with Crippen molar-refractivity contribution in [3.63, 3.8) is 0 Å². The van der Waals surface area contributed by atoms with Crippen molar-refractivity contribution in [1.29, 1.82) is 0 Å². The number of hydrogen-bond acceptors (Lipinski definition) is 12. The third kappa shape index (κ3) is 30.9. The van der Waals surface area contributed by atoms with E-state index in [1.54, 1.807) is 0 Å². The summed E-state index contributed by atoms with van der Waals surface area (Å²) < 4.78 is 32.0. The summed E-state index contributed by atoms with van der Waals surface area (Å²) in [6, 6.07) is 0. The molecule has 0 amide bonds. The van der Waals surface area contributed by atoms with Gasteiger partial charge in [0.1, 0.15) is 0 Å². The average molecular weight is 858 g/mol. The Hall–Kier alpha value is -3.16. The Bertz CT molecular complexity index is 1000. The quantitative estimate of drug-likeness (QED) is 0.0204. The third-order valence-electron chi connectivity index (χ3n) is 7.90. The van der Waals surface area contributed by atoms with E-state index < -0.39 is 55.4 Å². The van der Waals surface area contributed by atoms with E-state index in [-0.39, 0.29) is 24.3 Å². The molecule has 302 valence electrons. The van der Waals surface area contributed by atoms with Crippen LogP contribution in [0.3, 0.4) is 0 Å². The van der Waals surface area contributed by atoms with Crippen LogP contribution in [0.25, 0.3) is 0 Å². The zero-order valence-electron chi connectivity index (χ0n) is 32.8. The predicted octanol–water partition coefficient (Wildman–Crippen LogP) is 8.73. The molecular weight excluding hydrogens is 791 g/mol. The van der Waals surface area contributed by atoms with Crippen LogP contribution in [-0.4, -0.2) is 75.3 Å². The zero-order valence-corrected chi connectivity index (χ0v) is 35.7. The van der Waals surface area contributed by atoms with Crippen molar-refractivity contribution in [2.45, 2.75) is 161 Å². The number of rotatable bonds is 33. The first-order valence-electron chi connectivity index (χ1n) is 19.8. The van der Waals surface area contributed by atoms with Crippen LogP contribution in [0.5, 0.6) is 0 Å². The number of esters is 3. The number of unbranched alkanes of at least 4 members (excludes halogenated alkanes) is 16. The van der Waals surface area contributed by atoms with Gasteiger partial charge in [0.05, 0.1) is 0 Å². The number of carbonyl (C=O) groups is 6. The Morgan fingerprint density at radius 3 is 0.868 bits per heavy atom. The summed E-state index contributed by atoms with van der Waals surface area (Å²) in [5.74, 6) is -5.54. The molecule has 0 rings (SSSR count). The maximum absolute atomic E-state index is 12.9. The monoisotopic (exact) mass is 858 g/mol. The summed E-state index contributed by atoms with van der Waals surface area (Å²) in [7, 11) is 0. The van der Waals surface area contributed by atoms with Crippen molar-refractivity contribution in [1.82, 2.24) is 0 Å². The van der Waals surface area contributed by atoms with Gasteiger partial charge in [0, 0.05) is 0 Å². The molecule has 0 aromatic heterocycles. The summed E-state index contributed by atoms with van der Waals surface area (Å²) in [5, 5.41) is 0. The summed E-state index contributed by atoms with van der Waals surface area (Å²) in [5.41, 5.74) is 0. The minimum atomic E-state index is -5.50. The second-order valence-electron chi connectivity index (χ2n) is 12.9. The second-order valence-corrected chi connectivity index (χ2v) is 19.9. The fourth-order valence-electron chi connectivity index (χ4n) is 4.89. The van der Waals surface area contributed by atoms with Gasteiger partial charge in [-0.15, -0.1) is 0 Å². The van der Waals surface area contributed by atoms with Gasteiger partial charge < -0.3 is 0 Å². The molecule has 0 bridgehead atoms. The van der Waals surface area contributed by atoms with E-state index in [1.807, 2.05) is 6.92 Å². The molecule has 0 radical (unpaired) electrons. The topological polar surface area (TPSA) is 158 Å². The van der Waals surface area contributed by atoms with E-state index in [1.165, 1.54) is 0 Å². The molecule has 0 aromatic rings. The summed E-state index contributed by atoms with van der Waals surface area (Å²) in [6.45, 7) is 8.81. The molecule has 0 atom stereocenters. The maximum atomic E-state index is 12.9. The molecule has 0 spiro atoms. The van der Waals surface area contributed by atoms with Gasteiger partial charge in [-0.05, 0) is 0 Å². The van der Waals surface area contributed by atoms with Gasteiger partial charge >= 0.3 is 284 Å². The number of hydrogen-bond donors (Lipinski definition) is 0. The fourth-order valence-corrected chi connectivity index (χ4v) is 11.6. The van der Waals surface area contributed by atoms with E-state index in [9.17, 15) is 28.8 Å². The predicted molar refractivity (Wildman–Crippen MR) is 204 cm³/mol. The molecule has 0 heterocycles. The van der Waals surface area contributed by atoms with E-state index in [0.717, 1.165) is 133 Å². The van der Waals surface area contributed by atoms with E-state index in [2.05, 4.69) is 20.8 Å². The molecule has 12 nitrogen and oxygen atoms in total. The molecule has 0 aromatic carbocycles.